The fourth-order valence-corrected chi connectivity index (χ4v) is 3.06. The summed E-state index contributed by atoms with van der Waals surface area (Å²) in [5.41, 5.74) is 0.505. The van der Waals surface area contributed by atoms with Gasteiger partial charge in [-0.2, -0.15) is 0 Å². The summed E-state index contributed by atoms with van der Waals surface area (Å²) in [5, 5.41) is 8.68. The first-order chi connectivity index (χ1) is 8.36. The second kappa shape index (κ2) is 6.37. The molecular formula is C11H14INO4S. The molecular weight excluding hydrogens is 369 g/mol. The van der Waals surface area contributed by atoms with Crippen LogP contribution in [0.5, 0.6) is 0 Å². The summed E-state index contributed by atoms with van der Waals surface area (Å²) in [6.07, 6.45) is -0.218. The van der Waals surface area contributed by atoms with E-state index < -0.39 is 16.0 Å². The molecule has 0 fully saturated rings. The normalized spacial score (nSPS) is 11.2. The van der Waals surface area contributed by atoms with Crippen LogP contribution in [-0.4, -0.2) is 31.8 Å². The monoisotopic (exact) mass is 383 g/mol. The molecule has 0 saturated carbocycles. The average Bonchev–Trinajstić information content (AvgIpc) is 2.28. The molecule has 0 heterocycles. The Morgan fingerprint density at radius 2 is 2.11 bits per heavy atom. The third-order valence-corrected chi connectivity index (χ3v) is 4.79. The van der Waals surface area contributed by atoms with Crippen molar-refractivity contribution in [3.63, 3.8) is 0 Å². The Labute approximate surface area is 120 Å². The van der Waals surface area contributed by atoms with E-state index >= 15 is 0 Å². The molecule has 0 spiro atoms. The molecule has 0 atom stereocenters. The number of hydrogen-bond donors (Lipinski definition) is 1. The summed E-state index contributed by atoms with van der Waals surface area (Å²) < 4.78 is 26.0. The van der Waals surface area contributed by atoms with E-state index in [9.17, 15) is 13.2 Å². The third-order valence-electron chi connectivity index (χ3n) is 2.33. The Bertz CT molecular complexity index is 530. The van der Waals surface area contributed by atoms with Crippen molar-refractivity contribution in [2.75, 3.05) is 16.6 Å². The Balaban J connectivity index is 3.08. The molecule has 0 amide bonds. The van der Waals surface area contributed by atoms with Gasteiger partial charge in [-0.05, 0) is 47.7 Å². The first kappa shape index (κ1) is 15.2. The molecule has 0 aliphatic heterocycles. The lowest BCUT2D eigenvalue weighted by Gasteiger charge is -2.23. The first-order valence-electron chi connectivity index (χ1n) is 5.34. The first-order valence-corrected chi connectivity index (χ1v) is 8.03. The van der Waals surface area contributed by atoms with E-state index in [0.717, 1.165) is 7.88 Å². The number of aliphatic carboxylic acids is 1. The van der Waals surface area contributed by atoms with Crippen molar-refractivity contribution in [1.29, 1.82) is 0 Å². The molecule has 1 aromatic carbocycles. The molecule has 5 nitrogen and oxygen atoms in total. The minimum atomic E-state index is -3.46. The highest BCUT2D eigenvalue weighted by Crippen LogP contribution is 2.21. The van der Waals surface area contributed by atoms with Gasteiger partial charge in [-0.1, -0.05) is 6.07 Å². The van der Waals surface area contributed by atoms with Gasteiger partial charge >= 0.3 is 5.97 Å². The van der Waals surface area contributed by atoms with Gasteiger partial charge in [-0.25, -0.2) is 8.42 Å². The molecule has 0 aliphatic carbocycles. The number of anilines is 1. The zero-order chi connectivity index (χ0) is 13.8. The Morgan fingerprint density at radius 3 is 2.61 bits per heavy atom. The van der Waals surface area contributed by atoms with Crippen LogP contribution in [0.3, 0.4) is 0 Å². The number of nitrogens with zero attached hydrogens (tertiary/aromatic N) is 1. The van der Waals surface area contributed by atoms with E-state index in [1.807, 2.05) is 6.07 Å². The van der Waals surface area contributed by atoms with E-state index in [1.165, 1.54) is 6.92 Å². The summed E-state index contributed by atoms with van der Waals surface area (Å²) in [7, 11) is -3.46. The molecule has 18 heavy (non-hydrogen) atoms. The number of carbonyl (C=O) groups is 1. The lowest BCUT2D eigenvalue weighted by atomic mass is 10.3. The lowest BCUT2D eigenvalue weighted by Crippen LogP contribution is -2.34. The van der Waals surface area contributed by atoms with Crippen molar-refractivity contribution in [2.45, 2.75) is 13.3 Å². The second-order valence-corrected chi connectivity index (χ2v) is 7.02. The largest absolute Gasteiger partial charge is 0.481 e. The predicted octanol–water partition coefficient (Wildman–Crippen LogP) is 1.92. The Kier molecular flexibility index (Phi) is 5.39. The molecule has 0 bridgehead atoms. The van der Waals surface area contributed by atoms with Crippen LogP contribution in [0, 0.1) is 3.57 Å². The van der Waals surface area contributed by atoms with Gasteiger partial charge in [0.15, 0.2) is 0 Å². The summed E-state index contributed by atoms with van der Waals surface area (Å²) in [4.78, 5) is 10.6. The second-order valence-electron chi connectivity index (χ2n) is 3.60. The Morgan fingerprint density at radius 1 is 1.44 bits per heavy atom. The van der Waals surface area contributed by atoms with Crippen molar-refractivity contribution >= 4 is 44.3 Å². The van der Waals surface area contributed by atoms with Crippen LogP contribution < -0.4 is 4.31 Å². The molecule has 0 saturated heterocycles. The van der Waals surface area contributed by atoms with Crippen molar-refractivity contribution in [3.05, 3.63) is 27.8 Å². The average molecular weight is 383 g/mol. The van der Waals surface area contributed by atoms with Gasteiger partial charge in [-0.15, -0.1) is 0 Å². The maximum absolute atomic E-state index is 12.0. The van der Waals surface area contributed by atoms with E-state index in [2.05, 4.69) is 22.6 Å². The number of halogens is 1. The van der Waals surface area contributed by atoms with Crippen molar-refractivity contribution in [3.8, 4) is 0 Å². The van der Waals surface area contributed by atoms with Crippen molar-refractivity contribution < 1.29 is 18.3 Å². The summed E-state index contributed by atoms with van der Waals surface area (Å²) >= 11 is 2.08. The fourth-order valence-electron chi connectivity index (χ4n) is 1.41. The SMILES string of the molecule is CCS(=O)(=O)N(CCC(=O)O)c1cccc(I)c1. The van der Waals surface area contributed by atoms with Crippen LogP contribution >= 0.6 is 22.6 Å². The van der Waals surface area contributed by atoms with Crippen molar-refractivity contribution in [2.24, 2.45) is 0 Å². The number of carboxylic acid groups (broad SMARTS) is 1. The number of carboxylic acids is 1. The molecule has 1 N–H and O–H groups in total. The maximum atomic E-state index is 12.0. The van der Waals surface area contributed by atoms with Crippen LogP contribution in [0.4, 0.5) is 5.69 Å². The minimum Gasteiger partial charge on any atom is -0.481 e. The van der Waals surface area contributed by atoms with Crippen LogP contribution in [0.15, 0.2) is 24.3 Å². The topological polar surface area (TPSA) is 74.7 Å². The van der Waals surface area contributed by atoms with Gasteiger partial charge in [0.25, 0.3) is 0 Å². The smallest absolute Gasteiger partial charge is 0.305 e. The fraction of sp³-hybridized carbons (Fsp3) is 0.364. The molecule has 0 radical (unpaired) electrons. The number of hydrogen-bond acceptors (Lipinski definition) is 3. The molecule has 1 rings (SSSR count). The molecule has 1 aromatic rings. The minimum absolute atomic E-state index is 0.0500. The van der Waals surface area contributed by atoms with Gasteiger partial charge in [0, 0.05) is 10.1 Å². The van der Waals surface area contributed by atoms with Crippen LogP contribution in [-0.2, 0) is 14.8 Å². The van der Waals surface area contributed by atoms with E-state index in [4.69, 9.17) is 5.11 Å². The van der Waals surface area contributed by atoms with Gasteiger partial charge in [-0.3, -0.25) is 9.10 Å². The van der Waals surface area contributed by atoms with Crippen LogP contribution in [0.1, 0.15) is 13.3 Å². The third kappa shape index (κ3) is 4.13. The molecule has 7 heteroatoms. The zero-order valence-electron chi connectivity index (χ0n) is 9.84. The summed E-state index contributed by atoms with van der Waals surface area (Å²) in [6.45, 7) is 1.49. The number of benzene rings is 1. The Hall–Kier alpha value is -0.830. The van der Waals surface area contributed by atoms with Gasteiger partial charge < -0.3 is 5.11 Å². The van der Waals surface area contributed by atoms with Gasteiger partial charge in [0.1, 0.15) is 0 Å². The molecule has 0 aromatic heterocycles. The van der Waals surface area contributed by atoms with Crippen LogP contribution in [0.25, 0.3) is 0 Å². The highest BCUT2D eigenvalue weighted by Gasteiger charge is 2.21. The summed E-state index contributed by atoms with van der Waals surface area (Å²) in [6, 6.07) is 6.97. The zero-order valence-corrected chi connectivity index (χ0v) is 12.8. The van der Waals surface area contributed by atoms with Crippen LogP contribution in [0.2, 0.25) is 0 Å². The standard InChI is InChI=1S/C11H14INO4S/c1-2-18(16,17)13(7-6-11(14)15)10-5-3-4-9(12)8-10/h3-5,8H,2,6-7H2,1H3,(H,14,15). The molecule has 0 aliphatic rings. The quantitative estimate of drug-likeness (QED) is 0.762. The van der Waals surface area contributed by atoms with E-state index in [-0.39, 0.29) is 18.7 Å². The molecule has 100 valence electrons. The number of sulfonamides is 1. The van der Waals surface area contributed by atoms with Crippen molar-refractivity contribution in [1.82, 2.24) is 0 Å². The van der Waals surface area contributed by atoms with E-state index in [0.29, 0.717) is 5.69 Å². The van der Waals surface area contributed by atoms with Gasteiger partial charge in [0.05, 0.1) is 17.9 Å². The highest BCUT2D eigenvalue weighted by atomic mass is 127. The lowest BCUT2D eigenvalue weighted by molar-refractivity contribution is -0.136. The van der Waals surface area contributed by atoms with E-state index in [1.54, 1.807) is 18.2 Å². The predicted molar refractivity (Wildman–Crippen MR) is 78.2 cm³/mol. The molecule has 0 unspecified atom stereocenters. The van der Waals surface area contributed by atoms with Gasteiger partial charge in [0.2, 0.25) is 10.0 Å². The number of rotatable bonds is 6. The highest BCUT2D eigenvalue weighted by molar-refractivity contribution is 14.1. The summed E-state index contributed by atoms with van der Waals surface area (Å²) in [5.74, 6) is -1.07. The maximum Gasteiger partial charge on any atom is 0.305 e.